The van der Waals surface area contributed by atoms with E-state index in [1.807, 2.05) is 18.2 Å². The average molecular weight is 221 g/mol. The molecular formula is C12H19N3O. The van der Waals surface area contributed by atoms with Crippen LogP contribution in [0.4, 0.5) is 5.82 Å². The van der Waals surface area contributed by atoms with E-state index in [0.717, 1.165) is 12.4 Å². The molecule has 1 aromatic heterocycles. The number of anilines is 1. The van der Waals surface area contributed by atoms with E-state index in [1.54, 1.807) is 7.11 Å². The van der Waals surface area contributed by atoms with Crippen molar-refractivity contribution in [2.24, 2.45) is 5.73 Å². The molecule has 0 radical (unpaired) electrons. The quantitative estimate of drug-likeness (QED) is 0.816. The van der Waals surface area contributed by atoms with Gasteiger partial charge in [0, 0.05) is 25.2 Å². The standard InChI is InChI=1S/C12H19N3O/c1-16-12-7-3-6-11(14-12)15(9-8-13)10-4-2-5-10/h3,6-7,10H,2,4-5,8-9,13H2,1H3. The third kappa shape index (κ3) is 2.27. The molecule has 0 spiro atoms. The van der Waals surface area contributed by atoms with Crippen LogP contribution in [0.1, 0.15) is 19.3 Å². The molecule has 16 heavy (non-hydrogen) atoms. The lowest BCUT2D eigenvalue weighted by Gasteiger charge is -2.38. The monoisotopic (exact) mass is 221 g/mol. The Balaban J connectivity index is 2.16. The summed E-state index contributed by atoms with van der Waals surface area (Å²) >= 11 is 0. The zero-order valence-electron chi connectivity index (χ0n) is 9.72. The molecule has 0 saturated heterocycles. The van der Waals surface area contributed by atoms with Crippen molar-refractivity contribution in [1.82, 2.24) is 4.98 Å². The number of ether oxygens (including phenoxy) is 1. The first-order valence-electron chi connectivity index (χ1n) is 5.83. The van der Waals surface area contributed by atoms with Crippen LogP contribution in [0.25, 0.3) is 0 Å². The fourth-order valence-corrected chi connectivity index (χ4v) is 2.00. The maximum Gasteiger partial charge on any atom is 0.214 e. The Bertz CT molecular complexity index is 339. The van der Waals surface area contributed by atoms with Crippen LogP contribution in [-0.4, -0.2) is 31.2 Å². The minimum Gasteiger partial charge on any atom is -0.481 e. The van der Waals surface area contributed by atoms with Gasteiger partial charge in [0.05, 0.1) is 7.11 Å². The highest BCUT2D eigenvalue weighted by Gasteiger charge is 2.25. The molecule has 88 valence electrons. The topological polar surface area (TPSA) is 51.4 Å². The first-order chi connectivity index (χ1) is 7.85. The van der Waals surface area contributed by atoms with Crippen molar-refractivity contribution in [1.29, 1.82) is 0 Å². The molecule has 4 nitrogen and oxygen atoms in total. The molecule has 0 atom stereocenters. The maximum absolute atomic E-state index is 5.65. The van der Waals surface area contributed by atoms with E-state index in [4.69, 9.17) is 10.5 Å². The van der Waals surface area contributed by atoms with Crippen LogP contribution in [0.5, 0.6) is 5.88 Å². The number of nitrogens with two attached hydrogens (primary N) is 1. The molecule has 1 fully saturated rings. The summed E-state index contributed by atoms with van der Waals surface area (Å²) in [6.45, 7) is 1.53. The van der Waals surface area contributed by atoms with Crippen molar-refractivity contribution in [2.75, 3.05) is 25.1 Å². The number of pyridine rings is 1. The Hall–Kier alpha value is -1.29. The van der Waals surface area contributed by atoms with Crippen LogP contribution < -0.4 is 15.4 Å². The van der Waals surface area contributed by atoms with Gasteiger partial charge < -0.3 is 15.4 Å². The van der Waals surface area contributed by atoms with Crippen LogP contribution in [0.3, 0.4) is 0 Å². The van der Waals surface area contributed by atoms with E-state index in [-0.39, 0.29) is 0 Å². The van der Waals surface area contributed by atoms with Gasteiger partial charge in [-0.1, -0.05) is 6.07 Å². The lowest BCUT2D eigenvalue weighted by atomic mass is 9.91. The van der Waals surface area contributed by atoms with Crippen molar-refractivity contribution in [2.45, 2.75) is 25.3 Å². The summed E-state index contributed by atoms with van der Waals surface area (Å²) in [5, 5.41) is 0. The number of nitrogens with zero attached hydrogens (tertiary/aromatic N) is 2. The predicted molar refractivity (Wildman–Crippen MR) is 64.8 cm³/mol. The molecule has 4 heteroatoms. The highest BCUT2D eigenvalue weighted by molar-refractivity contribution is 5.42. The molecule has 1 aliphatic carbocycles. The van der Waals surface area contributed by atoms with Crippen molar-refractivity contribution in [3.05, 3.63) is 18.2 Å². The Morgan fingerprint density at radius 3 is 2.88 bits per heavy atom. The second-order valence-corrected chi connectivity index (χ2v) is 4.10. The predicted octanol–water partition coefficient (Wildman–Crippen LogP) is 1.41. The van der Waals surface area contributed by atoms with Crippen molar-refractivity contribution in [3.63, 3.8) is 0 Å². The summed E-state index contributed by atoms with van der Waals surface area (Å²) < 4.78 is 5.15. The summed E-state index contributed by atoms with van der Waals surface area (Å²) in [5.74, 6) is 1.65. The van der Waals surface area contributed by atoms with Gasteiger partial charge in [-0.2, -0.15) is 4.98 Å². The smallest absolute Gasteiger partial charge is 0.214 e. The second kappa shape index (κ2) is 5.16. The Morgan fingerprint density at radius 2 is 2.31 bits per heavy atom. The second-order valence-electron chi connectivity index (χ2n) is 4.10. The van der Waals surface area contributed by atoms with Gasteiger partial charge in [-0.15, -0.1) is 0 Å². The van der Waals surface area contributed by atoms with Gasteiger partial charge >= 0.3 is 0 Å². The Morgan fingerprint density at radius 1 is 1.50 bits per heavy atom. The van der Waals surface area contributed by atoms with Crippen LogP contribution in [0.15, 0.2) is 18.2 Å². The normalized spacial score (nSPS) is 15.6. The van der Waals surface area contributed by atoms with Gasteiger partial charge in [0.15, 0.2) is 0 Å². The van der Waals surface area contributed by atoms with E-state index < -0.39 is 0 Å². The van der Waals surface area contributed by atoms with Crippen molar-refractivity contribution < 1.29 is 4.74 Å². The van der Waals surface area contributed by atoms with Gasteiger partial charge in [0.2, 0.25) is 5.88 Å². The van der Waals surface area contributed by atoms with Gasteiger partial charge in [0.1, 0.15) is 5.82 Å². The summed E-state index contributed by atoms with van der Waals surface area (Å²) in [6, 6.07) is 6.48. The van der Waals surface area contributed by atoms with Crippen molar-refractivity contribution >= 4 is 5.82 Å². The van der Waals surface area contributed by atoms with E-state index in [2.05, 4.69) is 9.88 Å². The summed E-state index contributed by atoms with van der Waals surface area (Å²) in [5.41, 5.74) is 5.65. The molecule has 0 bridgehead atoms. The molecule has 2 rings (SSSR count). The van der Waals surface area contributed by atoms with Gasteiger partial charge in [-0.05, 0) is 25.3 Å². The number of hydrogen-bond acceptors (Lipinski definition) is 4. The molecule has 1 aromatic rings. The molecule has 1 heterocycles. The lowest BCUT2D eigenvalue weighted by Crippen LogP contribution is -2.43. The number of methoxy groups -OCH3 is 1. The van der Waals surface area contributed by atoms with Crippen LogP contribution in [0.2, 0.25) is 0 Å². The summed E-state index contributed by atoms with van der Waals surface area (Å²) in [6.07, 6.45) is 3.81. The van der Waals surface area contributed by atoms with E-state index in [9.17, 15) is 0 Å². The molecule has 0 unspecified atom stereocenters. The third-order valence-electron chi connectivity index (χ3n) is 3.10. The first-order valence-corrected chi connectivity index (χ1v) is 5.83. The van der Waals surface area contributed by atoms with Crippen LogP contribution in [0, 0.1) is 0 Å². The molecule has 1 saturated carbocycles. The highest BCUT2D eigenvalue weighted by Crippen LogP contribution is 2.28. The molecule has 0 amide bonds. The average Bonchev–Trinajstić information content (AvgIpc) is 2.26. The zero-order chi connectivity index (χ0) is 11.4. The number of aromatic nitrogens is 1. The van der Waals surface area contributed by atoms with Crippen molar-refractivity contribution in [3.8, 4) is 5.88 Å². The SMILES string of the molecule is COc1cccc(N(CCN)C2CCC2)n1. The molecule has 2 N–H and O–H groups in total. The molecule has 0 aromatic carbocycles. The fraction of sp³-hybridized carbons (Fsp3) is 0.583. The fourth-order valence-electron chi connectivity index (χ4n) is 2.00. The van der Waals surface area contributed by atoms with Gasteiger partial charge in [-0.3, -0.25) is 0 Å². The largest absolute Gasteiger partial charge is 0.481 e. The first kappa shape index (κ1) is 11.2. The summed E-state index contributed by atoms with van der Waals surface area (Å²) in [7, 11) is 1.64. The third-order valence-corrected chi connectivity index (χ3v) is 3.10. The maximum atomic E-state index is 5.65. The molecule has 0 aliphatic heterocycles. The Kier molecular flexibility index (Phi) is 3.62. The Labute approximate surface area is 96.4 Å². The summed E-state index contributed by atoms with van der Waals surface area (Å²) in [4.78, 5) is 6.76. The van der Waals surface area contributed by atoms with E-state index in [0.29, 0.717) is 18.5 Å². The minimum atomic E-state index is 0.614. The van der Waals surface area contributed by atoms with E-state index >= 15 is 0 Å². The van der Waals surface area contributed by atoms with Gasteiger partial charge in [-0.25, -0.2) is 0 Å². The molecule has 1 aliphatic rings. The zero-order valence-corrected chi connectivity index (χ0v) is 9.72. The molecular weight excluding hydrogens is 202 g/mol. The van der Waals surface area contributed by atoms with Crippen LogP contribution in [-0.2, 0) is 0 Å². The number of hydrogen-bond donors (Lipinski definition) is 1. The minimum absolute atomic E-state index is 0.614. The highest BCUT2D eigenvalue weighted by atomic mass is 16.5. The van der Waals surface area contributed by atoms with Crippen LogP contribution >= 0.6 is 0 Å². The lowest BCUT2D eigenvalue weighted by molar-refractivity contribution is 0.378. The number of rotatable bonds is 5. The van der Waals surface area contributed by atoms with Gasteiger partial charge in [0.25, 0.3) is 0 Å². The van der Waals surface area contributed by atoms with E-state index in [1.165, 1.54) is 19.3 Å².